The number of carbonyl (C=O) groups excluding carboxylic acids is 2. The van der Waals surface area contributed by atoms with Gasteiger partial charge in [-0.15, -0.1) is 0 Å². The predicted octanol–water partition coefficient (Wildman–Crippen LogP) is 0.767. The van der Waals surface area contributed by atoms with Gasteiger partial charge in [-0.1, -0.05) is 11.3 Å². The number of aromatic nitrogens is 1. The zero-order valence-electron chi connectivity index (χ0n) is 11.2. The maximum absolute atomic E-state index is 13.1. The molecule has 0 atom stereocenters. The summed E-state index contributed by atoms with van der Waals surface area (Å²) in [6, 6.07) is 4.12. The monoisotopic (exact) mass is 330 g/mol. The molecule has 9 heteroatoms. The minimum atomic E-state index is -4.11. The van der Waals surface area contributed by atoms with Crippen LogP contribution >= 0.6 is 11.3 Å². The summed E-state index contributed by atoms with van der Waals surface area (Å²) >= 11 is 1.06. The van der Waals surface area contributed by atoms with Crippen molar-refractivity contribution in [2.75, 3.05) is 5.75 Å². The number of hydrogen-bond acceptors (Lipinski definition) is 5. The molecule has 1 aromatic heterocycles. The number of sulfone groups is 1. The van der Waals surface area contributed by atoms with Gasteiger partial charge in [0.15, 0.2) is 4.80 Å². The molecule has 0 saturated heterocycles. The summed E-state index contributed by atoms with van der Waals surface area (Å²) in [4.78, 5) is 26.4. The average molecular weight is 330 g/mol. The number of rotatable bonds is 2. The third-order valence-corrected chi connectivity index (χ3v) is 5.34. The highest BCUT2D eigenvalue weighted by molar-refractivity contribution is 8.06. The summed E-state index contributed by atoms with van der Waals surface area (Å²) in [5, 5.41) is -1.08. The molecule has 1 aromatic carbocycles. The van der Waals surface area contributed by atoms with Crippen molar-refractivity contribution in [3.05, 3.63) is 28.8 Å². The van der Waals surface area contributed by atoms with Gasteiger partial charge in [-0.2, -0.15) is 4.99 Å². The quantitative estimate of drug-likeness (QED) is 0.814. The van der Waals surface area contributed by atoms with Gasteiger partial charge in [-0.3, -0.25) is 9.59 Å². The molecule has 0 aliphatic heterocycles. The number of hydrogen-bond donors (Lipinski definition) is 0. The maximum Gasteiger partial charge on any atom is 0.264 e. The number of aryl methyl sites for hydroxylation is 1. The first-order chi connectivity index (χ1) is 9.70. The third-order valence-electron chi connectivity index (χ3n) is 2.74. The molecule has 1 amide bonds. The van der Waals surface area contributed by atoms with Crippen molar-refractivity contribution in [1.82, 2.24) is 4.57 Å². The number of amides is 1. The Morgan fingerprint density at radius 1 is 1.38 bits per heavy atom. The highest BCUT2D eigenvalue weighted by Gasteiger charge is 2.21. The van der Waals surface area contributed by atoms with E-state index in [-0.39, 0.29) is 4.80 Å². The van der Waals surface area contributed by atoms with E-state index in [9.17, 15) is 22.4 Å². The molecule has 21 heavy (non-hydrogen) atoms. The van der Waals surface area contributed by atoms with Crippen LogP contribution in [-0.4, -0.2) is 29.8 Å². The minimum absolute atomic E-state index is 0.236. The maximum atomic E-state index is 13.1. The lowest BCUT2D eigenvalue weighted by Crippen LogP contribution is -2.23. The number of fused-ring (bicyclic) bond motifs is 1. The highest BCUT2D eigenvalue weighted by atomic mass is 32.2. The summed E-state index contributed by atoms with van der Waals surface area (Å²) in [5.74, 6) is -2.32. The summed E-state index contributed by atoms with van der Waals surface area (Å²) in [5.41, 5.74) is 0.669. The van der Waals surface area contributed by atoms with Gasteiger partial charge < -0.3 is 4.57 Å². The van der Waals surface area contributed by atoms with E-state index in [1.165, 1.54) is 18.2 Å². The van der Waals surface area contributed by atoms with Gasteiger partial charge in [-0.05, 0) is 18.2 Å². The van der Waals surface area contributed by atoms with Crippen LogP contribution in [0.4, 0.5) is 4.39 Å². The zero-order valence-corrected chi connectivity index (χ0v) is 12.8. The smallest absolute Gasteiger partial charge is 0.264 e. The Hall–Kier alpha value is -1.87. The molecular formula is C12H11FN2O4S2. The summed E-state index contributed by atoms with van der Waals surface area (Å²) < 4.78 is 38.0. The molecule has 0 bridgehead atoms. The lowest BCUT2D eigenvalue weighted by Gasteiger charge is -1.96. The van der Waals surface area contributed by atoms with Crippen LogP contribution in [0.2, 0.25) is 0 Å². The van der Waals surface area contributed by atoms with E-state index in [0.29, 0.717) is 10.2 Å². The molecule has 2 rings (SSSR count). The molecule has 2 aromatic rings. The molecule has 6 nitrogen and oxygen atoms in total. The van der Waals surface area contributed by atoms with Crippen LogP contribution < -0.4 is 4.80 Å². The fraction of sp³-hybridized carbons (Fsp3) is 0.250. The number of thiazole rings is 1. The largest absolute Gasteiger partial charge is 0.319 e. The molecule has 0 saturated carbocycles. The van der Waals surface area contributed by atoms with Crippen LogP contribution in [-0.2, 0) is 26.5 Å². The Bertz CT molecular complexity index is 909. The first-order valence-electron chi connectivity index (χ1n) is 5.76. The zero-order chi connectivity index (χ0) is 15.8. The minimum Gasteiger partial charge on any atom is -0.319 e. The lowest BCUT2D eigenvalue weighted by atomic mass is 10.3. The van der Waals surface area contributed by atoms with E-state index in [1.807, 2.05) is 0 Å². The van der Waals surface area contributed by atoms with Gasteiger partial charge in [0.05, 0.1) is 10.2 Å². The molecule has 0 aliphatic rings. The second-order valence-electron chi connectivity index (χ2n) is 4.31. The molecule has 1 heterocycles. The van der Waals surface area contributed by atoms with E-state index >= 15 is 0 Å². The molecule has 112 valence electrons. The van der Waals surface area contributed by atoms with Crippen LogP contribution in [0.1, 0.15) is 6.92 Å². The molecular weight excluding hydrogens is 319 g/mol. The van der Waals surface area contributed by atoms with E-state index < -0.39 is 32.4 Å². The van der Waals surface area contributed by atoms with Gasteiger partial charge in [0.25, 0.3) is 5.91 Å². The molecule has 0 radical (unpaired) electrons. The van der Waals surface area contributed by atoms with Gasteiger partial charge in [0, 0.05) is 14.0 Å². The van der Waals surface area contributed by atoms with Crippen LogP contribution in [0, 0.1) is 5.82 Å². The Morgan fingerprint density at radius 3 is 2.67 bits per heavy atom. The van der Waals surface area contributed by atoms with Crippen molar-refractivity contribution in [2.24, 2.45) is 12.0 Å². The first kappa shape index (κ1) is 15.5. The van der Waals surface area contributed by atoms with Crippen molar-refractivity contribution in [3.8, 4) is 0 Å². The van der Waals surface area contributed by atoms with Gasteiger partial charge in [0.2, 0.25) is 15.0 Å². The van der Waals surface area contributed by atoms with E-state index in [1.54, 1.807) is 11.6 Å². The molecule has 0 aliphatic carbocycles. The highest BCUT2D eigenvalue weighted by Crippen LogP contribution is 2.17. The van der Waals surface area contributed by atoms with Crippen molar-refractivity contribution >= 4 is 42.4 Å². The second-order valence-corrected chi connectivity index (χ2v) is 7.41. The Balaban J connectivity index is 2.44. The Morgan fingerprint density at radius 2 is 2.05 bits per heavy atom. The fourth-order valence-electron chi connectivity index (χ4n) is 1.62. The van der Waals surface area contributed by atoms with Crippen molar-refractivity contribution < 1.29 is 22.4 Å². The van der Waals surface area contributed by atoms with Crippen molar-refractivity contribution in [3.63, 3.8) is 0 Å². The fourth-order valence-corrected chi connectivity index (χ4v) is 3.27. The van der Waals surface area contributed by atoms with Gasteiger partial charge in [0.1, 0.15) is 11.6 Å². The van der Waals surface area contributed by atoms with Gasteiger partial charge >= 0.3 is 0 Å². The molecule has 0 N–H and O–H groups in total. The lowest BCUT2D eigenvalue weighted by molar-refractivity contribution is -0.116. The van der Waals surface area contributed by atoms with Crippen molar-refractivity contribution in [1.29, 1.82) is 0 Å². The topological polar surface area (TPSA) is 85.6 Å². The van der Waals surface area contributed by atoms with Crippen LogP contribution in [0.15, 0.2) is 23.2 Å². The van der Waals surface area contributed by atoms with Crippen LogP contribution in [0.25, 0.3) is 10.2 Å². The van der Waals surface area contributed by atoms with Crippen LogP contribution in [0.3, 0.4) is 0 Å². The third kappa shape index (κ3) is 3.24. The average Bonchev–Trinajstić information content (AvgIpc) is 2.64. The SMILES string of the molecule is CC(=O)S(=O)(=O)CC(=O)N=c1sc2cc(F)ccc2n1C. The Labute approximate surface area is 123 Å². The number of carbonyl (C=O) groups is 2. The summed E-state index contributed by atoms with van der Waals surface area (Å²) in [6.07, 6.45) is 0. The molecule has 0 fully saturated rings. The van der Waals surface area contributed by atoms with Crippen molar-refractivity contribution in [2.45, 2.75) is 6.92 Å². The standard InChI is InChI=1S/C12H11FN2O4S2/c1-7(16)21(18,19)6-11(17)14-12-15(2)9-4-3-8(13)5-10(9)20-12/h3-5H,6H2,1-2H3. The van der Waals surface area contributed by atoms with E-state index in [2.05, 4.69) is 4.99 Å². The number of benzene rings is 1. The van der Waals surface area contributed by atoms with E-state index in [4.69, 9.17) is 0 Å². The molecule has 0 spiro atoms. The normalized spacial score (nSPS) is 12.8. The summed E-state index contributed by atoms with van der Waals surface area (Å²) in [7, 11) is -2.49. The number of nitrogens with zero attached hydrogens (tertiary/aromatic N) is 2. The van der Waals surface area contributed by atoms with E-state index in [0.717, 1.165) is 18.3 Å². The molecule has 0 unspecified atom stereocenters. The first-order valence-corrected chi connectivity index (χ1v) is 8.23. The number of halogens is 1. The second kappa shape index (κ2) is 5.49. The predicted molar refractivity (Wildman–Crippen MR) is 75.8 cm³/mol. The van der Waals surface area contributed by atoms with Crippen LogP contribution in [0.5, 0.6) is 0 Å². The summed E-state index contributed by atoms with van der Waals surface area (Å²) in [6.45, 7) is 0.880. The Kier molecular flexibility index (Phi) is 4.06. The van der Waals surface area contributed by atoms with Gasteiger partial charge in [-0.25, -0.2) is 12.8 Å².